The molecule has 3 aromatic rings. The number of carbonyl (C=O) groups excluding carboxylic acids is 1. The van der Waals surface area contributed by atoms with Crippen molar-refractivity contribution in [3.05, 3.63) is 40.4 Å². The SMILES string of the molecule is CCOc1cc(C(=O)N(CCN(CC)CC)c2nc3c(C)cc(Cl)cc3s2)cc(OCC)c1OCC. The Morgan fingerprint density at radius 1 is 0.917 bits per heavy atom. The minimum Gasteiger partial charge on any atom is -0.490 e. The smallest absolute Gasteiger partial charge is 0.260 e. The molecule has 7 nitrogen and oxygen atoms in total. The number of hydrogen-bond donors (Lipinski definition) is 0. The Balaban J connectivity index is 2.10. The van der Waals surface area contributed by atoms with Crippen molar-refractivity contribution in [2.24, 2.45) is 0 Å². The predicted octanol–water partition coefficient (Wildman–Crippen LogP) is 6.44. The van der Waals surface area contributed by atoms with Gasteiger partial charge in [0.15, 0.2) is 16.6 Å². The van der Waals surface area contributed by atoms with Gasteiger partial charge in [0.1, 0.15) is 0 Å². The molecule has 0 radical (unpaired) electrons. The van der Waals surface area contributed by atoms with Crippen molar-refractivity contribution in [3.63, 3.8) is 0 Å². The van der Waals surface area contributed by atoms with Gasteiger partial charge in [0.2, 0.25) is 5.75 Å². The van der Waals surface area contributed by atoms with Crippen LogP contribution in [0.5, 0.6) is 17.2 Å². The maximum absolute atomic E-state index is 14.0. The fourth-order valence-corrected chi connectivity index (χ4v) is 5.44. The van der Waals surface area contributed by atoms with Crippen LogP contribution in [-0.4, -0.2) is 61.8 Å². The van der Waals surface area contributed by atoms with Crippen LogP contribution in [0.15, 0.2) is 24.3 Å². The molecule has 0 N–H and O–H groups in total. The van der Waals surface area contributed by atoms with Crippen LogP contribution in [0, 0.1) is 6.92 Å². The Labute approximate surface area is 222 Å². The summed E-state index contributed by atoms with van der Waals surface area (Å²) in [5.41, 5.74) is 2.30. The molecular weight excluding hydrogens is 498 g/mol. The van der Waals surface area contributed by atoms with Crippen LogP contribution >= 0.6 is 22.9 Å². The van der Waals surface area contributed by atoms with Crippen molar-refractivity contribution in [3.8, 4) is 17.2 Å². The number of nitrogens with zero attached hydrogens (tertiary/aromatic N) is 3. The van der Waals surface area contributed by atoms with Crippen molar-refractivity contribution in [2.45, 2.75) is 41.5 Å². The van der Waals surface area contributed by atoms with E-state index in [0.29, 0.717) is 59.3 Å². The highest BCUT2D eigenvalue weighted by Crippen LogP contribution is 2.40. The molecule has 0 aliphatic heterocycles. The minimum absolute atomic E-state index is 0.171. The molecule has 1 heterocycles. The summed E-state index contributed by atoms with van der Waals surface area (Å²) in [5.74, 6) is 1.32. The Morgan fingerprint density at radius 2 is 1.53 bits per heavy atom. The Bertz CT molecular complexity index is 1150. The van der Waals surface area contributed by atoms with Gasteiger partial charge in [-0.15, -0.1) is 0 Å². The largest absolute Gasteiger partial charge is 0.490 e. The molecule has 3 rings (SSSR count). The van der Waals surface area contributed by atoms with E-state index in [4.69, 9.17) is 30.8 Å². The molecule has 1 aromatic heterocycles. The van der Waals surface area contributed by atoms with E-state index in [-0.39, 0.29) is 5.91 Å². The van der Waals surface area contributed by atoms with Crippen LogP contribution in [0.2, 0.25) is 5.02 Å². The molecule has 0 saturated carbocycles. The monoisotopic (exact) mass is 533 g/mol. The molecule has 0 atom stereocenters. The molecule has 36 heavy (non-hydrogen) atoms. The molecule has 0 unspecified atom stereocenters. The highest BCUT2D eigenvalue weighted by molar-refractivity contribution is 7.22. The van der Waals surface area contributed by atoms with Gasteiger partial charge in [0, 0.05) is 23.7 Å². The van der Waals surface area contributed by atoms with Crippen molar-refractivity contribution < 1.29 is 19.0 Å². The second-order valence-electron chi connectivity index (χ2n) is 8.15. The molecule has 196 valence electrons. The van der Waals surface area contributed by atoms with Crippen LogP contribution in [-0.2, 0) is 0 Å². The first-order valence-corrected chi connectivity index (χ1v) is 13.7. The maximum atomic E-state index is 14.0. The molecule has 9 heteroatoms. The van der Waals surface area contributed by atoms with E-state index < -0.39 is 0 Å². The summed E-state index contributed by atoms with van der Waals surface area (Å²) in [4.78, 5) is 22.9. The normalized spacial score (nSPS) is 11.2. The van der Waals surface area contributed by atoms with Gasteiger partial charge in [-0.1, -0.05) is 36.8 Å². The van der Waals surface area contributed by atoms with Crippen molar-refractivity contribution in [1.82, 2.24) is 9.88 Å². The average Bonchev–Trinajstić information content (AvgIpc) is 3.27. The number of fused-ring (bicyclic) bond motifs is 1. The highest BCUT2D eigenvalue weighted by atomic mass is 35.5. The van der Waals surface area contributed by atoms with E-state index in [2.05, 4.69) is 18.7 Å². The second-order valence-corrected chi connectivity index (χ2v) is 9.60. The van der Waals surface area contributed by atoms with Gasteiger partial charge < -0.3 is 19.1 Å². The van der Waals surface area contributed by atoms with E-state index in [1.807, 2.05) is 39.8 Å². The molecule has 0 bridgehead atoms. The standard InChI is InChI=1S/C27H36ClN3O4S/c1-7-30(8-2)12-13-31(27-29-24-18(6)14-20(28)17-23(24)36-27)26(32)19-15-21(33-9-3)25(35-11-5)22(16-19)34-10-4/h14-17H,7-13H2,1-6H3. The third kappa shape index (κ3) is 6.41. The van der Waals surface area contributed by atoms with E-state index in [9.17, 15) is 4.79 Å². The number of hydrogen-bond acceptors (Lipinski definition) is 7. The van der Waals surface area contributed by atoms with Gasteiger partial charge in [0.25, 0.3) is 5.91 Å². The quantitative estimate of drug-likeness (QED) is 0.252. The summed E-state index contributed by atoms with van der Waals surface area (Å²) in [6.45, 7) is 16.3. The number of carbonyl (C=O) groups is 1. The fraction of sp³-hybridized carbons (Fsp3) is 0.481. The zero-order valence-corrected chi connectivity index (χ0v) is 23.6. The summed E-state index contributed by atoms with van der Waals surface area (Å²) < 4.78 is 18.5. The van der Waals surface area contributed by atoms with Gasteiger partial charge in [-0.3, -0.25) is 9.69 Å². The first kappa shape index (κ1) is 28.0. The fourth-order valence-electron chi connectivity index (χ4n) is 3.99. The molecule has 1 amide bonds. The third-order valence-electron chi connectivity index (χ3n) is 5.81. The Kier molecular flexibility index (Phi) is 10.2. The average molecular weight is 534 g/mol. The molecule has 2 aromatic carbocycles. The number of amides is 1. The second kappa shape index (κ2) is 13.1. The summed E-state index contributed by atoms with van der Waals surface area (Å²) in [7, 11) is 0. The van der Waals surface area contributed by atoms with E-state index >= 15 is 0 Å². The van der Waals surface area contributed by atoms with Gasteiger partial charge >= 0.3 is 0 Å². The lowest BCUT2D eigenvalue weighted by Crippen LogP contribution is -2.39. The Hall–Kier alpha value is -2.55. The number of rotatable bonds is 13. The summed E-state index contributed by atoms with van der Waals surface area (Å²) >= 11 is 7.77. The topological polar surface area (TPSA) is 64.1 Å². The van der Waals surface area contributed by atoms with Gasteiger partial charge in [-0.05, 0) is 70.6 Å². The van der Waals surface area contributed by atoms with Crippen molar-refractivity contribution in [1.29, 1.82) is 0 Å². The lowest BCUT2D eigenvalue weighted by molar-refractivity contribution is 0.0982. The van der Waals surface area contributed by atoms with E-state index in [0.717, 1.165) is 35.4 Å². The van der Waals surface area contributed by atoms with E-state index in [1.54, 1.807) is 17.0 Å². The third-order valence-corrected chi connectivity index (χ3v) is 7.05. The first-order chi connectivity index (χ1) is 17.4. The maximum Gasteiger partial charge on any atom is 0.260 e. The molecule has 0 aliphatic carbocycles. The number of ether oxygens (including phenoxy) is 3. The van der Waals surface area contributed by atoms with Gasteiger partial charge in [0.05, 0.1) is 30.0 Å². The number of likely N-dealkylation sites (N-methyl/N-ethyl adjacent to an activating group) is 1. The number of aromatic nitrogens is 1. The lowest BCUT2D eigenvalue weighted by Gasteiger charge is -2.25. The molecule has 0 saturated heterocycles. The number of aryl methyl sites for hydroxylation is 1. The van der Waals surface area contributed by atoms with Crippen LogP contribution < -0.4 is 19.1 Å². The van der Waals surface area contributed by atoms with Gasteiger partial charge in [-0.25, -0.2) is 4.98 Å². The number of thiazole rings is 1. The van der Waals surface area contributed by atoms with Crippen LogP contribution in [0.1, 0.15) is 50.5 Å². The summed E-state index contributed by atoms with van der Waals surface area (Å²) in [6, 6.07) is 7.26. The lowest BCUT2D eigenvalue weighted by atomic mass is 10.1. The molecule has 0 spiro atoms. The number of halogens is 1. The van der Waals surface area contributed by atoms with Crippen LogP contribution in [0.25, 0.3) is 10.2 Å². The molecule has 0 aliphatic rings. The van der Waals surface area contributed by atoms with Gasteiger partial charge in [-0.2, -0.15) is 0 Å². The Morgan fingerprint density at radius 3 is 2.08 bits per heavy atom. The molecule has 0 fully saturated rings. The predicted molar refractivity (Wildman–Crippen MR) is 149 cm³/mol. The van der Waals surface area contributed by atoms with Crippen LogP contribution in [0.4, 0.5) is 5.13 Å². The number of benzene rings is 2. The zero-order valence-electron chi connectivity index (χ0n) is 22.0. The van der Waals surface area contributed by atoms with Crippen molar-refractivity contribution in [2.75, 3.05) is 50.9 Å². The first-order valence-electron chi connectivity index (χ1n) is 12.5. The van der Waals surface area contributed by atoms with E-state index in [1.165, 1.54) is 11.3 Å². The van der Waals surface area contributed by atoms with Crippen LogP contribution in [0.3, 0.4) is 0 Å². The molecular formula is C27H36ClN3O4S. The van der Waals surface area contributed by atoms with Crippen molar-refractivity contribution >= 4 is 44.2 Å². The summed E-state index contributed by atoms with van der Waals surface area (Å²) in [5, 5.41) is 1.29. The number of anilines is 1. The highest BCUT2D eigenvalue weighted by Gasteiger charge is 2.26. The summed E-state index contributed by atoms with van der Waals surface area (Å²) in [6.07, 6.45) is 0. The zero-order chi connectivity index (χ0) is 26.2. The minimum atomic E-state index is -0.171.